The van der Waals surface area contributed by atoms with E-state index >= 15 is 0 Å². The Morgan fingerprint density at radius 3 is 2.28 bits per heavy atom. The molecule has 0 atom stereocenters. The summed E-state index contributed by atoms with van der Waals surface area (Å²) in [5.41, 5.74) is 13.9. The number of nitrogens with two attached hydrogens (primary N) is 2. The van der Waals surface area contributed by atoms with E-state index in [0.717, 1.165) is 32.3 Å². The van der Waals surface area contributed by atoms with Crippen molar-refractivity contribution in [1.82, 2.24) is 0 Å². The Hall–Kier alpha value is -2.73. The number of rotatable bonds is 11. The van der Waals surface area contributed by atoms with Gasteiger partial charge in [-0.25, -0.2) is 4.79 Å². The maximum atomic E-state index is 12.1. The highest BCUT2D eigenvalue weighted by Gasteiger charge is 2.22. The van der Waals surface area contributed by atoms with Crippen molar-refractivity contribution in [3.63, 3.8) is 0 Å². The number of unbranched alkanes of at least 4 members (excludes halogenated alkanes) is 3. The van der Waals surface area contributed by atoms with Crippen LogP contribution in [0.25, 0.3) is 0 Å². The van der Waals surface area contributed by atoms with Crippen LogP contribution in [0, 0.1) is 0 Å². The molecule has 1 saturated carbocycles. The Morgan fingerprint density at radius 1 is 0.938 bits per heavy atom. The first-order chi connectivity index (χ1) is 15.5. The van der Waals surface area contributed by atoms with Crippen LogP contribution in [0.2, 0.25) is 0 Å². The summed E-state index contributed by atoms with van der Waals surface area (Å²) in [4.78, 5) is 12.1. The number of esters is 1. The quantitative estimate of drug-likeness (QED) is 0.202. The van der Waals surface area contributed by atoms with Crippen LogP contribution in [0.15, 0.2) is 42.5 Å². The lowest BCUT2D eigenvalue weighted by Crippen LogP contribution is -2.21. The molecule has 174 valence electrons. The zero-order valence-electron chi connectivity index (χ0n) is 19.1. The van der Waals surface area contributed by atoms with E-state index in [4.69, 9.17) is 25.7 Å². The molecule has 0 spiro atoms. The number of carbonyl (C=O) groups is 1. The molecule has 6 heteroatoms. The van der Waals surface area contributed by atoms with Gasteiger partial charge in [0.05, 0.1) is 11.7 Å². The van der Waals surface area contributed by atoms with Gasteiger partial charge in [-0.1, -0.05) is 38.3 Å². The van der Waals surface area contributed by atoms with Crippen molar-refractivity contribution in [2.45, 2.75) is 70.3 Å². The van der Waals surface area contributed by atoms with Crippen LogP contribution in [0.5, 0.6) is 5.75 Å². The lowest BCUT2D eigenvalue weighted by atomic mass is 9.83. The van der Waals surface area contributed by atoms with Gasteiger partial charge >= 0.3 is 5.97 Å². The SMILES string of the molecule is CCCCCCOC1CCC(c2ccc(OCOC(=O)c3cc(N)cc(N)c3)cc2)CC1. The molecule has 0 amide bonds. The summed E-state index contributed by atoms with van der Waals surface area (Å²) < 4.78 is 16.8. The van der Waals surface area contributed by atoms with Gasteiger partial charge in [0.2, 0.25) is 6.79 Å². The molecule has 0 bridgehead atoms. The highest BCUT2D eigenvalue weighted by molar-refractivity contribution is 5.91. The van der Waals surface area contributed by atoms with Gasteiger partial charge in [-0.2, -0.15) is 0 Å². The smallest absolute Gasteiger partial charge is 0.341 e. The summed E-state index contributed by atoms with van der Waals surface area (Å²) >= 11 is 0. The minimum Gasteiger partial charge on any atom is -0.457 e. The molecule has 1 fully saturated rings. The Balaban J connectivity index is 1.37. The Morgan fingerprint density at radius 2 is 1.62 bits per heavy atom. The van der Waals surface area contributed by atoms with E-state index < -0.39 is 5.97 Å². The number of anilines is 2. The van der Waals surface area contributed by atoms with Crippen LogP contribution < -0.4 is 16.2 Å². The number of benzene rings is 2. The van der Waals surface area contributed by atoms with E-state index in [-0.39, 0.29) is 6.79 Å². The summed E-state index contributed by atoms with van der Waals surface area (Å²) in [6.45, 7) is 2.96. The van der Waals surface area contributed by atoms with Gasteiger partial charge in [-0.05, 0) is 73.9 Å². The molecule has 0 radical (unpaired) electrons. The van der Waals surface area contributed by atoms with E-state index in [1.54, 1.807) is 6.07 Å². The molecule has 3 rings (SSSR count). The summed E-state index contributed by atoms with van der Waals surface area (Å²) in [5, 5.41) is 0. The third-order valence-electron chi connectivity index (χ3n) is 6.01. The van der Waals surface area contributed by atoms with Crippen molar-refractivity contribution < 1.29 is 19.0 Å². The first-order valence-corrected chi connectivity index (χ1v) is 11.7. The van der Waals surface area contributed by atoms with E-state index in [2.05, 4.69) is 19.1 Å². The van der Waals surface area contributed by atoms with Crippen molar-refractivity contribution in [2.75, 3.05) is 24.9 Å². The third kappa shape index (κ3) is 7.45. The molecule has 2 aromatic rings. The van der Waals surface area contributed by atoms with Crippen molar-refractivity contribution in [1.29, 1.82) is 0 Å². The molecule has 0 aromatic heterocycles. The number of nitrogen functional groups attached to an aromatic ring is 2. The lowest BCUT2D eigenvalue weighted by molar-refractivity contribution is 0.0153. The summed E-state index contributed by atoms with van der Waals surface area (Å²) in [7, 11) is 0. The fourth-order valence-corrected chi connectivity index (χ4v) is 4.21. The van der Waals surface area contributed by atoms with Crippen LogP contribution in [0.4, 0.5) is 11.4 Å². The first-order valence-electron chi connectivity index (χ1n) is 11.7. The summed E-state index contributed by atoms with van der Waals surface area (Å²) in [6.07, 6.45) is 9.99. The Bertz CT molecular complexity index is 825. The van der Waals surface area contributed by atoms with Crippen LogP contribution >= 0.6 is 0 Å². The van der Waals surface area contributed by atoms with E-state index in [0.29, 0.717) is 34.7 Å². The maximum absolute atomic E-state index is 12.1. The minimum atomic E-state index is -0.523. The van der Waals surface area contributed by atoms with Gasteiger partial charge in [0, 0.05) is 18.0 Å². The number of carbonyl (C=O) groups excluding carboxylic acids is 1. The highest BCUT2D eigenvalue weighted by atomic mass is 16.7. The molecule has 2 aromatic carbocycles. The topological polar surface area (TPSA) is 96.8 Å². The van der Waals surface area contributed by atoms with Crippen molar-refractivity contribution in [2.24, 2.45) is 0 Å². The molecule has 0 unspecified atom stereocenters. The zero-order chi connectivity index (χ0) is 22.8. The maximum Gasteiger partial charge on any atom is 0.341 e. The predicted octanol–water partition coefficient (Wildman–Crippen LogP) is 5.67. The standard InChI is InChI=1S/C26H36N2O4/c1-2-3-4-5-14-30-24-10-6-19(7-11-24)20-8-12-25(13-9-20)31-18-32-26(29)21-15-22(27)17-23(28)16-21/h8-9,12-13,15-17,19,24H,2-7,10-11,14,18,27-28H2,1H3. The zero-order valence-corrected chi connectivity index (χ0v) is 19.1. The fourth-order valence-electron chi connectivity index (χ4n) is 4.21. The molecule has 1 aliphatic carbocycles. The Kier molecular flexibility index (Phi) is 9.23. The van der Waals surface area contributed by atoms with Crippen LogP contribution in [0.3, 0.4) is 0 Å². The van der Waals surface area contributed by atoms with E-state index in [1.165, 1.54) is 43.4 Å². The van der Waals surface area contributed by atoms with Crippen LogP contribution in [-0.4, -0.2) is 25.5 Å². The van der Waals surface area contributed by atoms with Crippen molar-refractivity contribution >= 4 is 17.3 Å². The number of ether oxygens (including phenoxy) is 3. The first kappa shape index (κ1) is 23.9. The number of hydrogen-bond acceptors (Lipinski definition) is 6. The average Bonchev–Trinajstić information content (AvgIpc) is 2.79. The molecule has 4 N–H and O–H groups in total. The highest BCUT2D eigenvalue weighted by Crippen LogP contribution is 2.34. The second-order valence-corrected chi connectivity index (χ2v) is 8.56. The largest absolute Gasteiger partial charge is 0.457 e. The summed E-state index contributed by atoms with van der Waals surface area (Å²) in [5.74, 6) is 0.707. The molecular formula is C26H36N2O4. The van der Waals surface area contributed by atoms with E-state index in [1.807, 2.05) is 12.1 Å². The van der Waals surface area contributed by atoms with Gasteiger partial charge < -0.3 is 25.7 Å². The average molecular weight is 441 g/mol. The van der Waals surface area contributed by atoms with E-state index in [9.17, 15) is 4.79 Å². The van der Waals surface area contributed by atoms with Gasteiger partial charge in [0.15, 0.2) is 0 Å². The lowest BCUT2D eigenvalue weighted by Gasteiger charge is -2.29. The second kappa shape index (κ2) is 12.3. The molecular weight excluding hydrogens is 404 g/mol. The molecule has 6 nitrogen and oxygen atoms in total. The normalized spacial score (nSPS) is 18.3. The molecule has 0 saturated heterocycles. The summed E-state index contributed by atoms with van der Waals surface area (Å²) in [6, 6.07) is 12.7. The van der Waals surface area contributed by atoms with Gasteiger partial charge in [-0.15, -0.1) is 0 Å². The minimum absolute atomic E-state index is 0.173. The molecule has 1 aliphatic rings. The predicted molar refractivity (Wildman–Crippen MR) is 128 cm³/mol. The van der Waals surface area contributed by atoms with Crippen LogP contribution in [-0.2, 0) is 9.47 Å². The second-order valence-electron chi connectivity index (χ2n) is 8.56. The third-order valence-corrected chi connectivity index (χ3v) is 6.01. The van der Waals surface area contributed by atoms with Gasteiger partial charge in [0.25, 0.3) is 0 Å². The molecule has 0 aliphatic heterocycles. The fraction of sp³-hybridized carbons (Fsp3) is 0.500. The van der Waals surface area contributed by atoms with Crippen molar-refractivity contribution in [3.05, 3.63) is 53.6 Å². The molecule has 32 heavy (non-hydrogen) atoms. The van der Waals surface area contributed by atoms with Gasteiger partial charge in [0.1, 0.15) is 5.75 Å². The van der Waals surface area contributed by atoms with Crippen LogP contribution in [0.1, 0.15) is 80.1 Å². The monoisotopic (exact) mass is 440 g/mol. The Labute approximate surface area is 191 Å². The number of hydrogen-bond donors (Lipinski definition) is 2. The van der Waals surface area contributed by atoms with Crippen molar-refractivity contribution in [3.8, 4) is 5.75 Å². The molecule has 0 heterocycles. The van der Waals surface area contributed by atoms with Gasteiger partial charge in [-0.3, -0.25) is 0 Å².